The SMILES string of the molecule is CC1(C)CC(=O)N(c2cccc(C(=O)O)c2)C(=O)C1. The highest BCUT2D eigenvalue weighted by atomic mass is 16.4. The summed E-state index contributed by atoms with van der Waals surface area (Å²) >= 11 is 0. The summed E-state index contributed by atoms with van der Waals surface area (Å²) in [7, 11) is 0. The summed E-state index contributed by atoms with van der Waals surface area (Å²) in [4.78, 5) is 36.1. The van der Waals surface area contributed by atoms with E-state index in [1.54, 1.807) is 6.07 Å². The van der Waals surface area contributed by atoms with E-state index in [2.05, 4.69) is 0 Å². The minimum atomic E-state index is -1.08. The lowest BCUT2D eigenvalue weighted by Gasteiger charge is -2.34. The number of carboxylic acids is 1. The fourth-order valence-corrected chi connectivity index (χ4v) is 2.24. The van der Waals surface area contributed by atoms with Gasteiger partial charge < -0.3 is 5.11 Å². The summed E-state index contributed by atoms with van der Waals surface area (Å²) in [5.74, 6) is -1.66. The van der Waals surface area contributed by atoms with E-state index in [0.29, 0.717) is 5.69 Å². The number of carbonyl (C=O) groups is 3. The van der Waals surface area contributed by atoms with Gasteiger partial charge in [-0.1, -0.05) is 19.9 Å². The Kier molecular flexibility index (Phi) is 3.14. The van der Waals surface area contributed by atoms with Crippen LogP contribution in [0.4, 0.5) is 5.69 Å². The maximum atomic E-state index is 12.1. The van der Waals surface area contributed by atoms with Crippen molar-refractivity contribution in [3.8, 4) is 0 Å². The van der Waals surface area contributed by atoms with Gasteiger partial charge in [-0.3, -0.25) is 14.5 Å². The number of aromatic carboxylic acids is 1. The Morgan fingerprint density at radius 1 is 1.21 bits per heavy atom. The molecule has 0 unspecified atom stereocenters. The third-order valence-electron chi connectivity index (χ3n) is 3.11. The summed E-state index contributed by atoms with van der Waals surface area (Å²) in [6.45, 7) is 3.74. The van der Waals surface area contributed by atoms with E-state index in [1.807, 2.05) is 13.8 Å². The van der Waals surface area contributed by atoms with Crippen LogP contribution in [0.15, 0.2) is 24.3 Å². The molecule has 5 heteroatoms. The van der Waals surface area contributed by atoms with Gasteiger partial charge >= 0.3 is 5.97 Å². The molecule has 0 spiro atoms. The van der Waals surface area contributed by atoms with E-state index in [0.717, 1.165) is 4.90 Å². The molecule has 2 amide bonds. The second-order valence-corrected chi connectivity index (χ2v) is 5.50. The zero-order valence-corrected chi connectivity index (χ0v) is 10.8. The maximum Gasteiger partial charge on any atom is 0.335 e. The molecule has 1 aromatic carbocycles. The first kappa shape index (κ1) is 13.3. The fourth-order valence-electron chi connectivity index (χ4n) is 2.24. The average molecular weight is 261 g/mol. The molecule has 0 radical (unpaired) electrons. The molecule has 0 atom stereocenters. The normalized spacial score (nSPS) is 18.5. The van der Waals surface area contributed by atoms with Crippen molar-refractivity contribution in [3.63, 3.8) is 0 Å². The Hall–Kier alpha value is -2.17. The van der Waals surface area contributed by atoms with E-state index < -0.39 is 5.97 Å². The lowest BCUT2D eigenvalue weighted by atomic mass is 9.81. The highest BCUT2D eigenvalue weighted by Gasteiger charge is 2.38. The van der Waals surface area contributed by atoms with Gasteiger partial charge in [0.2, 0.25) is 11.8 Å². The van der Waals surface area contributed by atoms with Gasteiger partial charge in [0.05, 0.1) is 11.3 Å². The highest BCUT2D eigenvalue weighted by Crippen LogP contribution is 2.34. The van der Waals surface area contributed by atoms with Gasteiger partial charge in [-0.15, -0.1) is 0 Å². The molecule has 1 N–H and O–H groups in total. The Balaban J connectivity index is 2.36. The van der Waals surface area contributed by atoms with Gasteiger partial charge in [-0.25, -0.2) is 4.79 Å². The number of imide groups is 1. The largest absolute Gasteiger partial charge is 0.478 e. The van der Waals surface area contributed by atoms with E-state index in [9.17, 15) is 14.4 Å². The highest BCUT2D eigenvalue weighted by molar-refractivity contribution is 6.17. The molecule has 5 nitrogen and oxygen atoms in total. The third kappa shape index (κ3) is 2.65. The van der Waals surface area contributed by atoms with Gasteiger partial charge in [-0.2, -0.15) is 0 Å². The summed E-state index contributed by atoms with van der Waals surface area (Å²) in [6, 6.07) is 5.87. The molecule has 0 aromatic heterocycles. The first-order valence-electron chi connectivity index (χ1n) is 5.99. The predicted octanol–water partition coefficient (Wildman–Crippen LogP) is 2.06. The first-order chi connectivity index (χ1) is 8.80. The number of hydrogen-bond acceptors (Lipinski definition) is 3. The zero-order chi connectivity index (χ0) is 14.2. The number of amides is 2. The van der Waals surface area contributed by atoms with Crippen molar-refractivity contribution >= 4 is 23.5 Å². The van der Waals surface area contributed by atoms with Crippen LogP contribution in [0.1, 0.15) is 37.0 Å². The van der Waals surface area contributed by atoms with Gasteiger partial charge in [0.1, 0.15) is 0 Å². The molecule has 19 heavy (non-hydrogen) atoms. The molecular weight excluding hydrogens is 246 g/mol. The van der Waals surface area contributed by atoms with Crippen molar-refractivity contribution in [1.29, 1.82) is 0 Å². The van der Waals surface area contributed by atoms with E-state index in [1.165, 1.54) is 18.2 Å². The van der Waals surface area contributed by atoms with Crippen LogP contribution < -0.4 is 4.90 Å². The molecule has 1 fully saturated rings. The van der Waals surface area contributed by atoms with Crippen molar-refractivity contribution in [2.45, 2.75) is 26.7 Å². The molecule has 0 aliphatic carbocycles. The van der Waals surface area contributed by atoms with Crippen LogP contribution in [0.2, 0.25) is 0 Å². The van der Waals surface area contributed by atoms with Gasteiger partial charge in [0.25, 0.3) is 0 Å². The predicted molar refractivity (Wildman–Crippen MR) is 68.9 cm³/mol. The molecule has 0 bridgehead atoms. The topological polar surface area (TPSA) is 74.7 Å². The number of hydrogen-bond donors (Lipinski definition) is 1. The lowest BCUT2D eigenvalue weighted by molar-refractivity contribution is -0.132. The Morgan fingerprint density at radius 3 is 2.32 bits per heavy atom. The van der Waals surface area contributed by atoms with Crippen molar-refractivity contribution in [1.82, 2.24) is 0 Å². The summed E-state index contributed by atoms with van der Waals surface area (Å²) < 4.78 is 0. The summed E-state index contributed by atoms with van der Waals surface area (Å²) in [5.41, 5.74) is 0.0445. The monoisotopic (exact) mass is 261 g/mol. The van der Waals surface area contributed by atoms with Crippen LogP contribution in [0.3, 0.4) is 0 Å². The van der Waals surface area contributed by atoms with Crippen molar-refractivity contribution in [2.24, 2.45) is 5.41 Å². The van der Waals surface area contributed by atoms with Gasteiger partial charge in [-0.05, 0) is 23.6 Å². The third-order valence-corrected chi connectivity index (χ3v) is 3.11. The smallest absolute Gasteiger partial charge is 0.335 e. The van der Waals surface area contributed by atoms with Gasteiger partial charge in [0, 0.05) is 12.8 Å². The Morgan fingerprint density at radius 2 is 1.79 bits per heavy atom. The second kappa shape index (κ2) is 4.50. The molecule has 1 aliphatic heterocycles. The van der Waals surface area contributed by atoms with E-state index in [-0.39, 0.29) is 35.6 Å². The summed E-state index contributed by atoms with van der Waals surface area (Å²) in [6.07, 6.45) is 0.548. The number of rotatable bonds is 2. The van der Waals surface area contributed by atoms with Crippen LogP contribution in [-0.4, -0.2) is 22.9 Å². The van der Waals surface area contributed by atoms with Crippen molar-refractivity contribution in [2.75, 3.05) is 4.90 Å². The molecule has 1 heterocycles. The second-order valence-electron chi connectivity index (χ2n) is 5.50. The quantitative estimate of drug-likeness (QED) is 0.827. The number of carbonyl (C=O) groups excluding carboxylic acids is 2. The summed E-state index contributed by atoms with van der Waals surface area (Å²) in [5, 5.41) is 8.93. The minimum absolute atomic E-state index is 0.0583. The number of carboxylic acid groups (broad SMARTS) is 1. The maximum absolute atomic E-state index is 12.1. The molecule has 0 saturated carbocycles. The Labute approximate surface area is 110 Å². The lowest BCUT2D eigenvalue weighted by Crippen LogP contribution is -2.46. The van der Waals surface area contributed by atoms with Crippen LogP contribution in [0.5, 0.6) is 0 Å². The molecular formula is C14H15NO4. The van der Waals surface area contributed by atoms with E-state index >= 15 is 0 Å². The van der Waals surface area contributed by atoms with Crippen LogP contribution in [0.25, 0.3) is 0 Å². The molecule has 1 aromatic rings. The fraction of sp³-hybridized carbons (Fsp3) is 0.357. The first-order valence-corrected chi connectivity index (χ1v) is 5.99. The van der Waals surface area contributed by atoms with Crippen LogP contribution >= 0.6 is 0 Å². The van der Waals surface area contributed by atoms with E-state index in [4.69, 9.17) is 5.11 Å². The minimum Gasteiger partial charge on any atom is -0.478 e. The standard InChI is InChI=1S/C14H15NO4/c1-14(2)7-11(16)15(12(17)8-14)10-5-3-4-9(6-10)13(18)19/h3-6H,7-8H2,1-2H3,(H,18,19). The number of benzene rings is 1. The number of nitrogens with zero attached hydrogens (tertiary/aromatic N) is 1. The molecule has 1 aliphatic rings. The molecule has 2 rings (SSSR count). The van der Waals surface area contributed by atoms with Crippen LogP contribution in [0, 0.1) is 5.41 Å². The van der Waals surface area contributed by atoms with Crippen molar-refractivity contribution < 1.29 is 19.5 Å². The number of piperidine rings is 1. The molecule has 1 saturated heterocycles. The van der Waals surface area contributed by atoms with Crippen LogP contribution in [-0.2, 0) is 9.59 Å². The van der Waals surface area contributed by atoms with Gasteiger partial charge in [0.15, 0.2) is 0 Å². The number of anilines is 1. The Bertz CT molecular complexity index is 542. The zero-order valence-electron chi connectivity index (χ0n) is 10.8. The molecule has 100 valence electrons. The average Bonchev–Trinajstić information content (AvgIpc) is 2.26. The van der Waals surface area contributed by atoms with Crippen molar-refractivity contribution in [3.05, 3.63) is 29.8 Å².